The number of carbonyl (C=O) groups is 1. The number of rotatable bonds is 4. The van der Waals surface area contributed by atoms with Gasteiger partial charge >= 0.3 is 0 Å². The molecule has 0 radical (unpaired) electrons. The third kappa shape index (κ3) is 2.69. The minimum atomic E-state index is -0.138. The first kappa shape index (κ1) is 15.9. The van der Waals surface area contributed by atoms with Gasteiger partial charge in [-0.3, -0.25) is 4.79 Å². The molecule has 0 unspecified atom stereocenters. The summed E-state index contributed by atoms with van der Waals surface area (Å²) in [6.45, 7) is 9.31. The van der Waals surface area contributed by atoms with Crippen LogP contribution in [0.1, 0.15) is 46.1 Å². The smallest absolute Gasteiger partial charge is 0.222 e. The number of hydrogen-bond donors (Lipinski definition) is 1. The number of benzene rings is 1. The van der Waals surface area contributed by atoms with Gasteiger partial charge in [-0.25, -0.2) is 0 Å². The topological polar surface area (TPSA) is 32.3 Å². The number of fused-ring (bicyclic) bond motifs is 3. The predicted octanol–water partition coefficient (Wildman–Crippen LogP) is 3.91. The molecule has 3 heteroatoms. The van der Waals surface area contributed by atoms with E-state index in [1.54, 1.807) is 0 Å². The fraction of sp³-hybridized carbons (Fsp3) is 0.450. The average Bonchev–Trinajstić information content (AvgIpc) is 2.94. The van der Waals surface area contributed by atoms with Crippen molar-refractivity contribution >= 4 is 11.6 Å². The Kier molecular flexibility index (Phi) is 4.05. The first-order valence-electron chi connectivity index (χ1n) is 8.36. The number of anilines is 1. The molecule has 1 fully saturated rings. The van der Waals surface area contributed by atoms with Crippen LogP contribution in [-0.4, -0.2) is 18.6 Å². The molecule has 0 spiro atoms. The Labute approximate surface area is 139 Å². The van der Waals surface area contributed by atoms with Crippen molar-refractivity contribution in [2.75, 3.05) is 11.4 Å². The SMILES string of the molecule is CC(C)=CCN1c2ccccc2[C@@]2(CC=C(C)C)CC(=O)N[C@@H]12. The monoisotopic (exact) mass is 310 g/mol. The number of hydrogen-bond acceptors (Lipinski definition) is 2. The number of nitrogens with zero attached hydrogens (tertiary/aromatic N) is 1. The predicted molar refractivity (Wildman–Crippen MR) is 95.5 cm³/mol. The molecule has 1 amide bonds. The third-order valence-corrected chi connectivity index (χ3v) is 4.93. The lowest BCUT2D eigenvalue weighted by Gasteiger charge is -2.32. The summed E-state index contributed by atoms with van der Waals surface area (Å²) < 4.78 is 0. The molecule has 2 heterocycles. The summed E-state index contributed by atoms with van der Waals surface area (Å²) in [6.07, 6.45) is 6.04. The van der Waals surface area contributed by atoms with Crippen LogP contribution in [0.25, 0.3) is 0 Å². The minimum Gasteiger partial charge on any atom is -0.346 e. The lowest BCUT2D eigenvalue weighted by Crippen LogP contribution is -2.48. The number of nitrogens with one attached hydrogen (secondary N) is 1. The quantitative estimate of drug-likeness (QED) is 0.855. The molecule has 2 aliphatic heterocycles. The van der Waals surface area contributed by atoms with Gasteiger partial charge in [0.2, 0.25) is 5.91 Å². The van der Waals surface area contributed by atoms with Crippen molar-refractivity contribution in [2.45, 2.75) is 52.1 Å². The third-order valence-electron chi connectivity index (χ3n) is 4.93. The maximum absolute atomic E-state index is 12.2. The second-order valence-corrected chi connectivity index (χ2v) is 7.24. The van der Waals surface area contributed by atoms with Crippen molar-refractivity contribution in [1.29, 1.82) is 0 Å². The average molecular weight is 310 g/mol. The van der Waals surface area contributed by atoms with Crippen LogP contribution < -0.4 is 10.2 Å². The highest BCUT2D eigenvalue weighted by Crippen LogP contribution is 2.51. The molecule has 0 aromatic heterocycles. The Bertz CT molecular complexity index is 681. The van der Waals surface area contributed by atoms with Crippen LogP contribution in [0.2, 0.25) is 0 Å². The van der Waals surface area contributed by atoms with E-state index < -0.39 is 0 Å². The van der Waals surface area contributed by atoms with E-state index in [1.807, 2.05) is 0 Å². The molecule has 3 nitrogen and oxygen atoms in total. The van der Waals surface area contributed by atoms with Crippen molar-refractivity contribution in [1.82, 2.24) is 5.32 Å². The number of carbonyl (C=O) groups excluding carboxylic acids is 1. The van der Waals surface area contributed by atoms with Gasteiger partial charge in [0.1, 0.15) is 6.17 Å². The summed E-state index contributed by atoms with van der Waals surface area (Å²) >= 11 is 0. The second kappa shape index (κ2) is 5.88. The van der Waals surface area contributed by atoms with Gasteiger partial charge < -0.3 is 10.2 Å². The summed E-state index contributed by atoms with van der Waals surface area (Å²) in [7, 11) is 0. The largest absolute Gasteiger partial charge is 0.346 e. The minimum absolute atomic E-state index is 0.0543. The standard InChI is InChI=1S/C20H26N2O/c1-14(2)9-11-20-13-18(23)21-19(20)22(12-10-15(3)4)17-8-6-5-7-16(17)20/h5-10,19H,11-13H2,1-4H3,(H,21,23)/t19-,20+/m0/s1. The molecule has 1 N–H and O–H groups in total. The fourth-order valence-corrected chi connectivity index (χ4v) is 3.79. The Morgan fingerprint density at radius 2 is 1.91 bits per heavy atom. The zero-order valence-corrected chi connectivity index (χ0v) is 14.5. The molecule has 1 aromatic carbocycles. The zero-order valence-electron chi connectivity index (χ0n) is 14.5. The van der Waals surface area contributed by atoms with Gasteiger partial charge in [-0.1, -0.05) is 41.5 Å². The van der Waals surface area contributed by atoms with E-state index in [2.05, 4.69) is 74.3 Å². The van der Waals surface area contributed by atoms with E-state index in [9.17, 15) is 4.79 Å². The molecule has 0 aliphatic carbocycles. The van der Waals surface area contributed by atoms with E-state index >= 15 is 0 Å². The van der Waals surface area contributed by atoms with E-state index in [4.69, 9.17) is 0 Å². The van der Waals surface area contributed by atoms with Crippen LogP contribution in [0.3, 0.4) is 0 Å². The molecule has 23 heavy (non-hydrogen) atoms. The zero-order chi connectivity index (χ0) is 16.6. The lowest BCUT2D eigenvalue weighted by molar-refractivity contribution is -0.119. The molecular formula is C20H26N2O. The van der Waals surface area contributed by atoms with Crippen molar-refractivity contribution in [2.24, 2.45) is 0 Å². The van der Waals surface area contributed by atoms with Crippen LogP contribution >= 0.6 is 0 Å². The van der Waals surface area contributed by atoms with Crippen molar-refractivity contribution in [3.05, 3.63) is 53.1 Å². The molecule has 1 saturated heterocycles. The van der Waals surface area contributed by atoms with Crippen LogP contribution in [0.15, 0.2) is 47.6 Å². The maximum Gasteiger partial charge on any atom is 0.222 e. The second-order valence-electron chi connectivity index (χ2n) is 7.24. The van der Waals surface area contributed by atoms with Crippen molar-refractivity contribution in [3.63, 3.8) is 0 Å². The normalized spacial score (nSPS) is 24.8. The molecular weight excluding hydrogens is 284 g/mol. The van der Waals surface area contributed by atoms with Crippen LogP contribution in [0.4, 0.5) is 5.69 Å². The Balaban J connectivity index is 2.07. The van der Waals surface area contributed by atoms with E-state index in [1.165, 1.54) is 22.4 Å². The summed E-state index contributed by atoms with van der Waals surface area (Å²) in [5.41, 5.74) is 5.03. The number of para-hydroxylation sites is 1. The summed E-state index contributed by atoms with van der Waals surface area (Å²) in [4.78, 5) is 14.6. The van der Waals surface area contributed by atoms with Gasteiger partial charge in [-0.05, 0) is 45.7 Å². The van der Waals surface area contributed by atoms with Crippen molar-refractivity contribution < 1.29 is 4.79 Å². The molecule has 1 aromatic rings. The van der Waals surface area contributed by atoms with Crippen LogP contribution in [-0.2, 0) is 10.2 Å². The van der Waals surface area contributed by atoms with Gasteiger partial charge in [0, 0.05) is 24.1 Å². The summed E-state index contributed by atoms with van der Waals surface area (Å²) in [5, 5.41) is 3.23. The van der Waals surface area contributed by atoms with Gasteiger partial charge in [-0.15, -0.1) is 0 Å². The highest BCUT2D eigenvalue weighted by molar-refractivity contribution is 5.86. The van der Waals surface area contributed by atoms with Crippen LogP contribution in [0.5, 0.6) is 0 Å². The maximum atomic E-state index is 12.2. The molecule has 0 saturated carbocycles. The van der Waals surface area contributed by atoms with E-state index in [0.29, 0.717) is 6.42 Å². The molecule has 3 rings (SSSR count). The Morgan fingerprint density at radius 1 is 1.22 bits per heavy atom. The highest BCUT2D eigenvalue weighted by Gasteiger charge is 2.55. The summed E-state index contributed by atoms with van der Waals surface area (Å²) in [5.74, 6) is 0.161. The van der Waals surface area contributed by atoms with Gasteiger partial charge in [-0.2, -0.15) is 0 Å². The van der Waals surface area contributed by atoms with Crippen molar-refractivity contribution in [3.8, 4) is 0 Å². The first-order valence-corrected chi connectivity index (χ1v) is 8.36. The molecule has 0 bridgehead atoms. The first-order chi connectivity index (χ1) is 10.9. The van der Waals surface area contributed by atoms with Gasteiger partial charge in [0.25, 0.3) is 0 Å². The Morgan fingerprint density at radius 3 is 2.61 bits per heavy atom. The lowest BCUT2D eigenvalue weighted by atomic mass is 9.76. The summed E-state index contributed by atoms with van der Waals surface area (Å²) in [6, 6.07) is 8.56. The van der Waals surface area contributed by atoms with Gasteiger partial charge in [0.05, 0.1) is 0 Å². The molecule has 2 aliphatic rings. The van der Waals surface area contributed by atoms with E-state index in [-0.39, 0.29) is 17.5 Å². The Hall–Kier alpha value is -2.03. The number of allylic oxidation sites excluding steroid dienone is 3. The highest BCUT2D eigenvalue weighted by atomic mass is 16.2. The number of amides is 1. The molecule has 122 valence electrons. The fourth-order valence-electron chi connectivity index (χ4n) is 3.79. The van der Waals surface area contributed by atoms with Crippen LogP contribution in [0, 0.1) is 0 Å². The van der Waals surface area contributed by atoms with E-state index in [0.717, 1.165) is 13.0 Å². The van der Waals surface area contributed by atoms with Gasteiger partial charge in [0.15, 0.2) is 0 Å². The molecule has 2 atom stereocenters.